The highest BCUT2D eigenvalue weighted by Crippen LogP contribution is 2.22. The molecule has 0 spiro atoms. The van der Waals surface area contributed by atoms with Gasteiger partial charge in [0.2, 0.25) is 0 Å². The minimum atomic E-state index is -0.213. The molecule has 0 amide bonds. The fraction of sp³-hybridized carbons (Fsp3) is 0.625. The third-order valence-electron chi connectivity index (χ3n) is 4.02. The minimum Gasteiger partial charge on any atom is -0.493 e. The molecule has 1 aliphatic rings. The first kappa shape index (κ1) is 15.3. The van der Waals surface area contributed by atoms with Crippen LogP contribution in [0.2, 0.25) is 0 Å². The Morgan fingerprint density at radius 3 is 3.00 bits per heavy atom. The highest BCUT2D eigenvalue weighted by molar-refractivity contribution is 5.33. The van der Waals surface area contributed by atoms with Crippen LogP contribution in [0.25, 0.3) is 0 Å². The molecule has 0 saturated carbocycles. The highest BCUT2D eigenvalue weighted by Gasteiger charge is 2.18. The van der Waals surface area contributed by atoms with Crippen LogP contribution in [0.15, 0.2) is 18.2 Å². The number of hydrogen-bond acceptors (Lipinski definition) is 3. The summed E-state index contributed by atoms with van der Waals surface area (Å²) in [5.41, 5.74) is 0.879. The highest BCUT2D eigenvalue weighted by atomic mass is 19.1. The van der Waals surface area contributed by atoms with Gasteiger partial charge in [0.1, 0.15) is 11.6 Å². The minimum absolute atomic E-state index is 0.213. The summed E-state index contributed by atoms with van der Waals surface area (Å²) in [4.78, 5) is 2.42. The van der Waals surface area contributed by atoms with Crippen molar-refractivity contribution in [2.45, 2.75) is 38.3 Å². The molecule has 1 saturated heterocycles. The second-order valence-electron chi connectivity index (χ2n) is 5.55. The summed E-state index contributed by atoms with van der Waals surface area (Å²) in [6, 6.07) is 5.35. The third-order valence-corrected chi connectivity index (χ3v) is 4.02. The summed E-state index contributed by atoms with van der Waals surface area (Å²) in [6.07, 6.45) is 4.91. The number of rotatable bonds is 6. The predicted molar refractivity (Wildman–Crippen MR) is 79.5 cm³/mol. The molecule has 1 N–H and O–H groups in total. The van der Waals surface area contributed by atoms with Crippen molar-refractivity contribution in [2.24, 2.45) is 0 Å². The lowest BCUT2D eigenvalue weighted by Crippen LogP contribution is -2.37. The van der Waals surface area contributed by atoms with Gasteiger partial charge < -0.3 is 15.0 Å². The first-order chi connectivity index (χ1) is 9.70. The molecule has 1 heterocycles. The zero-order valence-corrected chi connectivity index (χ0v) is 12.5. The molecule has 1 aromatic rings. The predicted octanol–water partition coefficient (Wildman–Crippen LogP) is 2.80. The van der Waals surface area contributed by atoms with Crippen molar-refractivity contribution in [2.75, 3.05) is 27.2 Å². The molecule has 4 heteroatoms. The first-order valence-electron chi connectivity index (χ1n) is 7.47. The van der Waals surface area contributed by atoms with Crippen molar-refractivity contribution in [3.05, 3.63) is 29.6 Å². The van der Waals surface area contributed by atoms with Gasteiger partial charge in [0.25, 0.3) is 0 Å². The van der Waals surface area contributed by atoms with E-state index in [1.807, 2.05) is 7.05 Å². The first-order valence-corrected chi connectivity index (χ1v) is 7.47. The van der Waals surface area contributed by atoms with Crippen molar-refractivity contribution >= 4 is 0 Å². The van der Waals surface area contributed by atoms with Gasteiger partial charge in [-0.3, -0.25) is 0 Å². The van der Waals surface area contributed by atoms with Crippen LogP contribution in [0.5, 0.6) is 5.75 Å². The van der Waals surface area contributed by atoms with Gasteiger partial charge in [-0.1, -0.05) is 6.42 Å². The van der Waals surface area contributed by atoms with Crippen LogP contribution in [-0.2, 0) is 6.54 Å². The van der Waals surface area contributed by atoms with Crippen LogP contribution < -0.4 is 10.1 Å². The second kappa shape index (κ2) is 7.60. The van der Waals surface area contributed by atoms with E-state index in [0.717, 1.165) is 17.7 Å². The molecule has 3 nitrogen and oxygen atoms in total. The monoisotopic (exact) mass is 280 g/mol. The summed E-state index contributed by atoms with van der Waals surface area (Å²) in [5, 5.41) is 3.04. The van der Waals surface area contributed by atoms with Gasteiger partial charge in [0.15, 0.2) is 0 Å². The molecule has 1 fully saturated rings. The maximum Gasteiger partial charge on any atom is 0.123 e. The fourth-order valence-electron chi connectivity index (χ4n) is 2.83. The number of hydrogen-bond donors (Lipinski definition) is 1. The number of ether oxygens (including phenoxy) is 1. The Labute approximate surface area is 121 Å². The van der Waals surface area contributed by atoms with Gasteiger partial charge in [0, 0.05) is 18.2 Å². The summed E-state index contributed by atoms with van der Waals surface area (Å²) in [6.45, 7) is 2.50. The maximum atomic E-state index is 13.2. The molecule has 1 aromatic carbocycles. The average molecular weight is 280 g/mol. The largest absolute Gasteiger partial charge is 0.493 e. The van der Waals surface area contributed by atoms with Gasteiger partial charge in [-0.05, 0) is 58.1 Å². The van der Waals surface area contributed by atoms with E-state index in [4.69, 9.17) is 4.74 Å². The van der Waals surface area contributed by atoms with Crippen LogP contribution in [0.4, 0.5) is 4.39 Å². The Kier molecular flexibility index (Phi) is 5.80. The molecular formula is C16H25FN2O. The molecule has 0 aromatic heterocycles. The Bertz CT molecular complexity index is 425. The van der Waals surface area contributed by atoms with Gasteiger partial charge in [-0.2, -0.15) is 0 Å². The summed E-state index contributed by atoms with van der Waals surface area (Å²) in [5.74, 6) is 0.578. The van der Waals surface area contributed by atoms with E-state index in [1.54, 1.807) is 12.1 Å². The smallest absolute Gasteiger partial charge is 0.123 e. The SMILES string of the molecule is CNCc1cc(F)ccc1OCCC1CCCCN1C. The molecule has 20 heavy (non-hydrogen) atoms. The Morgan fingerprint density at radius 2 is 2.25 bits per heavy atom. The standard InChI is InChI=1S/C16H25FN2O/c1-18-12-13-11-14(17)6-7-16(13)20-10-8-15-5-3-4-9-19(15)2/h6-7,11,15,18H,3-5,8-10,12H2,1-2H3. The zero-order chi connectivity index (χ0) is 14.4. The lowest BCUT2D eigenvalue weighted by Gasteiger charge is -2.32. The van der Waals surface area contributed by atoms with E-state index in [9.17, 15) is 4.39 Å². The van der Waals surface area contributed by atoms with Crippen molar-refractivity contribution in [1.29, 1.82) is 0 Å². The van der Waals surface area contributed by atoms with E-state index in [-0.39, 0.29) is 5.82 Å². The molecule has 2 rings (SSSR count). The summed E-state index contributed by atoms with van der Waals surface area (Å²) < 4.78 is 19.1. The van der Waals surface area contributed by atoms with Crippen molar-refractivity contribution < 1.29 is 9.13 Å². The maximum absolute atomic E-state index is 13.2. The Morgan fingerprint density at radius 1 is 1.40 bits per heavy atom. The number of piperidine rings is 1. The van der Waals surface area contributed by atoms with Crippen molar-refractivity contribution in [3.63, 3.8) is 0 Å². The summed E-state index contributed by atoms with van der Waals surface area (Å²) >= 11 is 0. The van der Waals surface area contributed by atoms with Crippen molar-refractivity contribution in [1.82, 2.24) is 10.2 Å². The van der Waals surface area contributed by atoms with E-state index in [2.05, 4.69) is 17.3 Å². The molecule has 1 atom stereocenters. The Balaban J connectivity index is 1.87. The third kappa shape index (κ3) is 4.18. The normalized spacial score (nSPS) is 20.1. The molecule has 1 aliphatic heterocycles. The van der Waals surface area contributed by atoms with Crippen LogP contribution in [-0.4, -0.2) is 38.2 Å². The number of benzene rings is 1. The molecular weight excluding hydrogens is 255 g/mol. The number of halogens is 1. The average Bonchev–Trinajstić information content (AvgIpc) is 2.43. The van der Waals surface area contributed by atoms with E-state index in [1.165, 1.54) is 31.9 Å². The molecule has 112 valence electrons. The number of nitrogens with one attached hydrogen (secondary N) is 1. The van der Waals surface area contributed by atoms with Crippen LogP contribution in [0, 0.1) is 5.82 Å². The van der Waals surface area contributed by atoms with Gasteiger partial charge in [0.05, 0.1) is 6.61 Å². The van der Waals surface area contributed by atoms with E-state index in [0.29, 0.717) is 19.2 Å². The number of likely N-dealkylation sites (tertiary alicyclic amines) is 1. The van der Waals surface area contributed by atoms with Crippen LogP contribution in [0.1, 0.15) is 31.2 Å². The van der Waals surface area contributed by atoms with Crippen LogP contribution in [0.3, 0.4) is 0 Å². The molecule has 0 bridgehead atoms. The lowest BCUT2D eigenvalue weighted by molar-refractivity contribution is 0.152. The quantitative estimate of drug-likeness (QED) is 0.867. The molecule has 0 radical (unpaired) electrons. The van der Waals surface area contributed by atoms with Crippen LogP contribution >= 0.6 is 0 Å². The number of nitrogens with zero attached hydrogens (tertiary/aromatic N) is 1. The van der Waals surface area contributed by atoms with Gasteiger partial charge in [-0.15, -0.1) is 0 Å². The van der Waals surface area contributed by atoms with Crippen molar-refractivity contribution in [3.8, 4) is 5.75 Å². The lowest BCUT2D eigenvalue weighted by atomic mass is 10.0. The van der Waals surface area contributed by atoms with Gasteiger partial charge >= 0.3 is 0 Å². The van der Waals surface area contributed by atoms with E-state index < -0.39 is 0 Å². The molecule has 1 unspecified atom stereocenters. The summed E-state index contributed by atoms with van der Waals surface area (Å²) in [7, 11) is 4.04. The second-order valence-corrected chi connectivity index (χ2v) is 5.55. The Hall–Kier alpha value is -1.13. The fourth-order valence-corrected chi connectivity index (χ4v) is 2.83. The molecule has 0 aliphatic carbocycles. The topological polar surface area (TPSA) is 24.5 Å². The van der Waals surface area contributed by atoms with Gasteiger partial charge in [-0.25, -0.2) is 4.39 Å². The zero-order valence-electron chi connectivity index (χ0n) is 12.5. The van der Waals surface area contributed by atoms with E-state index >= 15 is 0 Å².